The van der Waals surface area contributed by atoms with Crippen LogP contribution in [0.15, 0.2) is 81.4 Å². The van der Waals surface area contributed by atoms with Crippen molar-refractivity contribution >= 4 is 34.0 Å². The van der Waals surface area contributed by atoms with E-state index in [1.165, 1.54) is 11.1 Å². The number of H-pyrrole nitrogens is 1. The summed E-state index contributed by atoms with van der Waals surface area (Å²) in [5, 5.41) is 19.3. The maximum absolute atomic E-state index is 12.9. The Hall–Kier alpha value is -4.17. The number of hydrazone groups is 1. The van der Waals surface area contributed by atoms with E-state index in [4.69, 9.17) is 11.6 Å². The SMILES string of the molecule is CCC(=O)N1N=C(c2c(O)n(-c3cccc(Cl)c3)c(=O)[nH]c2=O)C[C@H]1c1cccc2ccccc12. The number of fused-ring (bicyclic) bond motifs is 1. The maximum atomic E-state index is 12.9. The lowest BCUT2D eigenvalue weighted by Crippen LogP contribution is -2.33. The lowest BCUT2D eigenvalue weighted by molar-refractivity contribution is -0.132. The molecule has 1 aliphatic heterocycles. The van der Waals surface area contributed by atoms with Gasteiger partial charge in [-0.05, 0) is 34.5 Å². The molecule has 0 fully saturated rings. The third kappa shape index (κ3) is 3.91. The summed E-state index contributed by atoms with van der Waals surface area (Å²) in [4.78, 5) is 40.6. The standard InChI is InChI=1S/C26H21ClN4O4/c1-2-22(32)31-21(19-12-5-8-15-7-3-4-11-18(15)19)14-20(29-31)23-24(33)28-26(35)30(25(23)34)17-10-6-9-16(27)13-17/h3-13,21,34H,2,14H2,1H3,(H,28,33,35)/t21-/m0/s1. The van der Waals surface area contributed by atoms with Gasteiger partial charge < -0.3 is 5.11 Å². The number of hydrogen-bond acceptors (Lipinski definition) is 5. The number of hydrogen-bond donors (Lipinski definition) is 2. The minimum atomic E-state index is -0.816. The Morgan fingerprint density at radius 1 is 1.11 bits per heavy atom. The van der Waals surface area contributed by atoms with Gasteiger partial charge in [-0.25, -0.2) is 14.4 Å². The van der Waals surface area contributed by atoms with Crippen LogP contribution in [0.4, 0.5) is 0 Å². The van der Waals surface area contributed by atoms with Crippen molar-refractivity contribution in [2.24, 2.45) is 5.10 Å². The Bertz CT molecular complexity index is 1620. The first-order valence-electron chi connectivity index (χ1n) is 11.1. The molecule has 9 heteroatoms. The Balaban J connectivity index is 1.67. The van der Waals surface area contributed by atoms with Crippen LogP contribution in [0.2, 0.25) is 5.02 Å². The first-order chi connectivity index (χ1) is 16.9. The lowest BCUT2D eigenvalue weighted by Gasteiger charge is -2.23. The molecule has 2 N–H and O–H groups in total. The molecule has 0 saturated heterocycles. The number of carbonyl (C=O) groups is 1. The zero-order valence-electron chi connectivity index (χ0n) is 18.7. The monoisotopic (exact) mass is 488 g/mol. The Morgan fingerprint density at radius 2 is 1.86 bits per heavy atom. The zero-order chi connectivity index (χ0) is 24.7. The number of carbonyl (C=O) groups excluding carboxylic acids is 1. The van der Waals surface area contributed by atoms with Crippen molar-refractivity contribution in [2.75, 3.05) is 0 Å². The highest BCUT2D eigenvalue weighted by Crippen LogP contribution is 2.37. The van der Waals surface area contributed by atoms with Crippen LogP contribution in [0.3, 0.4) is 0 Å². The highest BCUT2D eigenvalue weighted by molar-refractivity contribution is 6.30. The van der Waals surface area contributed by atoms with Crippen molar-refractivity contribution in [1.29, 1.82) is 0 Å². The van der Waals surface area contributed by atoms with Gasteiger partial charge in [0.25, 0.3) is 5.56 Å². The second-order valence-corrected chi connectivity index (χ2v) is 8.64. The minimum Gasteiger partial charge on any atom is -0.493 e. The van der Waals surface area contributed by atoms with Crippen molar-refractivity contribution < 1.29 is 9.90 Å². The summed E-state index contributed by atoms with van der Waals surface area (Å²) >= 11 is 6.07. The van der Waals surface area contributed by atoms with Crippen molar-refractivity contribution in [1.82, 2.24) is 14.6 Å². The Labute approximate surface area is 204 Å². The molecule has 176 valence electrons. The summed E-state index contributed by atoms with van der Waals surface area (Å²) in [6.45, 7) is 1.74. The van der Waals surface area contributed by atoms with Gasteiger partial charge in [0.15, 0.2) is 0 Å². The average molecular weight is 489 g/mol. The number of benzene rings is 3. The number of aromatic hydroxyl groups is 1. The Kier molecular flexibility index (Phi) is 5.74. The summed E-state index contributed by atoms with van der Waals surface area (Å²) in [6, 6.07) is 19.5. The van der Waals surface area contributed by atoms with Crippen LogP contribution in [-0.2, 0) is 4.79 Å². The molecule has 3 aromatic carbocycles. The van der Waals surface area contributed by atoms with Crippen LogP contribution < -0.4 is 11.2 Å². The number of nitrogens with one attached hydrogen (secondary N) is 1. The van der Waals surface area contributed by atoms with E-state index in [-0.39, 0.29) is 35.7 Å². The predicted octanol–water partition coefficient (Wildman–Crippen LogP) is 4.13. The first kappa shape index (κ1) is 22.6. The van der Waals surface area contributed by atoms with Crippen molar-refractivity contribution in [3.63, 3.8) is 0 Å². The second kappa shape index (κ2) is 8.88. The largest absolute Gasteiger partial charge is 0.493 e. The molecule has 35 heavy (non-hydrogen) atoms. The van der Waals surface area contributed by atoms with E-state index in [1.807, 2.05) is 42.5 Å². The molecule has 0 aliphatic carbocycles. The molecule has 1 aliphatic rings. The minimum absolute atomic E-state index is 0.166. The number of amides is 1. The highest BCUT2D eigenvalue weighted by Gasteiger charge is 2.36. The zero-order valence-corrected chi connectivity index (χ0v) is 19.5. The molecular formula is C26H21ClN4O4. The molecule has 0 unspecified atom stereocenters. The van der Waals surface area contributed by atoms with Crippen molar-refractivity contribution in [3.05, 3.63) is 104 Å². The average Bonchev–Trinajstić information content (AvgIpc) is 3.27. The molecule has 0 radical (unpaired) electrons. The number of nitrogens with zero attached hydrogens (tertiary/aromatic N) is 3. The maximum Gasteiger partial charge on any atom is 0.335 e. The molecule has 0 spiro atoms. The molecule has 1 amide bonds. The van der Waals surface area contributed by atoms with Crippen molar-refractivity contribution in [2.45, 2.75) is 25.8 Å². The van der Waals surface area contributed by atoms with E-state index in [0.717, 1.165) is 20.9 Å². The van der Waals surface area contributed by atoms with Gasteiger partial charge in [-0.1, -0.05) is 67.1 Å². The van der Waals surface area contributed by atoms with Crippen LogP contribution >= 0.6 is 11.6 Å². The van der Waals surface area contributed by atoms with Gasteiger partial charge in [0.2, 0.25) is 11.8 Å². The third-order valence-electron chi connectivity index (χ3n) is 6.09. The van der Waals surface area contributed by atoms with Crippen LogP contribution in [0.5, 0.6) is 5.88 Å². The van der Waals surface area contributed by atoms with Gasteiger partial charge in [0.1, 0.15) is 5.56 Å². The van der Waals surface area contributed by atoms with Crippen LogP contribution in [0.1, 0.15) is 36.9 Å². The van der Waals surface area contributed by atoms with Crippen molar-refractivity contribution in [3.8, 4) is 11.6 Å². The number of aromatic nitrogens is 2. The van der Waals surface area contributed by atoms with Gasteiger partial charge >= 0.3 is 5.69 Å². The molecule has 5 rings (SSSR count). The van der Waals surface area contributed by atoms with E-state index in [9.17, 15) is 19.5 Å². The second-order valence-electron chi connectivity index (χ2n) is 8.20. The fourth-order valence-electron chi connectivity index (χ4n) is 4.48. The van der Waals surface area contributed by atoms with Gasteiger partial charge in [-0.15, -0.1) is 0 Å². The molecule has 1 aromatic heterocycles. The highest BCUT2D eigenvalue weighted by atomic mass is 35.5. The fraction of sp³-hybridized carbons (Fsp3) is 0.154. The molecule has 8 nitrogen and oxygen atoms in total. The summed E-state index contributed by atoms with van der Waals surface area (Å²) < 4.78 is 0.961. The van der Waals surface area contributed by atoms with Crippen LogP contribution in [-0.4, -0.2) is 31.3 Å². The molecule has 0 bridgehead atoms. The summed E-state index contributed by atoms with van der Waals surface area (Å²) in [6.07, 6.45) is 0.395. The molecule has 4 aromatic rings. The molecular weight excluding hydrogens is 468 g/mol. The topological polar surface area (TPSA) is 108 Å². The third-order valence-corrected chi connectivity index (χ3v) is 6.33. The van der Waals surface area contributed by atoms with Gasteiger partial charge in [0, 0.05) is 17.9 Å². The summed E-state index contributed by atoms with van der Waals surface area (Å²) in [5.74, 6) is -0.792. The number of rotatable bonds is 4. The Morgan fingerprint density at radius 3 is 2.63 bits per heavy atom. The lowest BCUT2D eigenvalue weighted by atomic mass is 9.94. The quantitative estimate of drug-likeness (QED) is 0.450. The predicted molar refractivity (Wildman–Crippen MR) is 134 cm³/mol. The molecule has 0 saturated carbocycles. The van der Waals surface area contributed by atoms with E-state index in [0.29, 0.717) is 5.02 Å². The molecule has 1 atom stereocenters. The fourth-order valence-corrected chi connectivity index (χ4v) is 4.66. The summed E-state index contributed by atoms with van der Waals surface area (Å²) in [5.41, 5.74) is -0.400. The van der Waals surface area contributed by atoms with Gasteiger partial charge in [-0.2, -0.15) is 5.10 Å². The van der Waals surface area contributed by atoms with Gasteiger partial charge in [0.05, 0.1) is 17.4 Å². The molecule has 2 heterocycles. The first-order valence-corrected chi connectivity index (χ1v) is 11.5. The van der Waals surface area contributed by atoms with E-state index in [1.54, 1.807) is 25.1 Å². The smallest absolute Gasteiger partial charge is 0.335 e. The van der Waals surface area contributed by atoms with E-state index >= 15 is 0 Å². The number of aromatic amines is 1. The number of halogens is 1. The van der Waals surface area contributed by atoms with E-state index in [2.05, 4.69) is 10.1 Å². The van der Waals surface area contributed by atoms with Crippen LogP contribution in [0, 0.1) is 0 Å². The van der Waals surface area contributed by atoms with Crippen LogP contribution in [0.25, 0.3) is 16.5 Å². The van der Waals surface area contributed by atoms with Gasteiger partial charge in [-0.3, -0.25) is 14.6 Å². The normalized spacial score (nSPS) is 15.4. The van der Waals surface area contributed by atoms with E-state index < -0.39 is 23.2 Å². The summed E-state index contributed by atoms with van der Waals surface area (Å²) in [7, 11) is 0.